The van der Waals surface area contributed by atoms with E-state index >= 15 is 0 Å². The van der Waals surface area contributed by atoms with Gasteiger partial charge in [-0.25, -0.2) is 4.99 Å². The van der Waals surface area contributed by atoms with E-state index in [4.69, 9.17) is 19.9 Å². The van der Waals surface area contributed by atoms with Crippen LogP contribution in [0.4, 0.5) is 0 Å². The largest absolute Gasteiger partial charge is 0.493 e. The van der Waals surface area contributed by atoms with E-state index in [2.05, 4.69) is 21.3 Å². The predicted octanol–water partition coefficient (Wildman–Crippen LogP) is 2.94. The second-order valence-electron chi connectivity index (χ2n) is 7.52. The number of nitrogens with zero attached hydrogens (tertiary/aromatic N) is 2. The van der Waals surface area contributed by atoms with Crippen LogP contribution >= 0.6 is 24.0 Å². The molecule has 3 N–H and O–H groups in total. The lowest BCUT2D eigenvalue weighted by Crippen LogP contribution is -2.38. The van der Waals surface area contributed by atoms with Crippen molar-refractivity contribution in [3.05, 3.63) is 59.7 Å². The molecule has 0 aromatic heterocycles. The van der Waals surface area contributed by atoms with E-state index in [1.165, 1.54) is 0 Å². The summed E-state index contributed by atoms with van der Waals surface area (Å²) in [6, 6.07) is 16.2. The van der Waals surface area contributed by atoms with Crippen molar-refractivity contribution in [2.45, 2.75) is 19.0 Å². The maximum atomic E-state index is 6.16. The van der Waals surface area contributed by atoms with Crippen molar-refractivity contribution in [1.82, 2.24) is 10.2 Å². The molecule has 0 spiro atoms. The highest BCUT2D eigenvalue weighted by Crippen LogP contribution is 2.31. The quantitative estimate of drug-likeness (QED) is 0.321. The molecule has 0 aliphatic carbocycles. The third-order valence-corrected chi connectivity index (χ3v) is 5.39. The third-order valence-electron chi connectivity index (χ3n) is 5.39. The van der Waals surface area contributed by atoms with Crippen molar-refractivity contribution in [3.63, 3.8) is 0 Å². The van der Waals surface area contributed by atoms with Gasteiger partial charge in [-0.2, -0.15) is 0 Å². The van der Waals surface area contributed by atoms with Gasteiger partial charge in [0.1, 0.15) is 18.1 Å². The molecule has 4 rings (SSSR count). The Hall–Kier alpha value is -2.04. The zero-order valence-electron chi connectivity index (χ0n) is 17.7. The number of rotatable bonds is 7. The molecular formula is C23H31IN4O3. The van der Waals surface area contributed by atoms with E-state index in [-0.39, 0.29) is 30.0 Å². The first-order valence-electron chi connectivity index (χ1n) is 10.6. The van der Waals surface area contributed by atoms with Crippen molar-refractivity contribution < 1.29 is 14.2 Å². The number of hydrogen-bond acceptors (Lipinski definition) is 5. The van der Waals surface area contributed by atoms with E-state index in [9.17, 15) is 0 Å². The fourth-order valence-electron chi connectivity index (χ4n) is 3.74. The molecule has 0 saturated carbocycles. The van der Waals surface area contributed by atoms with Crippen LogP contribution in [0.3, 0.4) is 0 Å². The Morgan fingerprint density at radius 1 is 1.13 bits per heavy atom. The summed E-state index contributed by atoms with van der Waals surface area (Å²) < 4.78 is 17.0. The van der Waals surface area contributed by atoms with Crippen molar-refractivity contribution in [1.29, 1.82) is 0 Å². The predicted molar refractivity (Wildman–Crippen MR) is 132 cm³/mol. The molecule has 1 fully saturated rings. The van der Waals surface area contributed by atoms with Crippen molar-refractivity contribution in [2.24, 2.45) is 10.7 Å². The van der Waals surface area contributed by atoms with E-state index in [1.54, 1.807) is 0 Å². The second kappa shape index (κ2) is 12.1. The van der Waals surface area contributed by atoms with Crippen LogP contribution in [-0.2, 0) is 11.3 Å². The minimum Gasteiger partial charge on any atom is -0.493 e. The first kappa shape index (κ1) is 23.6. The van der Waals surface area contributed by atoms with Crippen LogP contribution in [0.15, 0.2) is 53.5 Å². The van der Waals surface area contributed by atoms with Crippen molar-refractivity contribution in [2.75, 3.05) is 46.1 Å². The Morgan fingerprint density at radius 2 is 1.97 bits per heavy atom. The molecular weight excluding hydrogens is 507 g/mol. The summed E-state index contributed by atoms with van der Waals surface area (Å²) in [4.78, 5) is 6.88. The van der Waals surface area contributed by atoms with E-state index in [0.29, 0.717) is 25.7 Å². The van der Waals surface area contributed by atoms with Gasteiger partial charge in [0.25, 0.3) is 0 Å². The lowest BCUT2D eigenvalue weighted by molar-refractivity contribution is 0.0322. The number of halogens is 1. The number of guanidine groups is 1. The van der Waals surface area contributed by atoms with Gasteiger partial charge in [-0.05, 0) is 23.8 Å². The molecule has 7 nitrogen and oxygen atoms in total. The monoisotopic (exact) mass is 538 g/mol. The third kappa shape index (κ3) is 6.98. The van der Waals surface area contributed by atoms with E-state index < -0.39 is 0 Å². The van der Waals surface area contributed by atoms with Crippen LogP contribution < -0.4 is 20.5 Å². The van der Waals surface area contributed by atoms with Crippen LogP contribution in [0.25, 0.3) is 0 Å². The molecule has 0 radical (unpaired) electrons. The molecule has 0 amide bonds. The fourth-order valence-corrected chi connectivity index (χ4v) is 3.74. The lowest BCUT2D eigenvalue weighted by Gasteiger charge is -2.27. The van der Waals surface area contributed by atoms with Gasteiger partial charge in [0.15, 0.2) is 5.96 Å². The first-order valence-corrected chi connectivity index (χ1v) is 10.6. The van der Waals surface area contributed by atoms with Crippen LogP contribution in [0, 0.1) is 0 Å². The zero-order chi connectivity index (χ0) is 20.6. The van der Waals surface area contributed by atoms with Crippen molar-refractivity contribution in [3.8, 4) is 11.5 Å². The highest BCUT2D eigenvalue weighted by Gasteiger charge is 2.21. The topological polar surface area (TPSA) is 81.3 Å². The number of fused-ring (bicyclic) bond motifs is 1. The van der Waals surface area contributed by atoms with Crippen LogP contribution in [0.1, 0.15) is 23.6 Å². The van der Waals surface area contributed by atoms with Crippen LogP contribution in [0.5, 0.6) is 11.5 Å². The SMILES string of the molecule is I.NC(=NCc1cccc(OCCN2CCOCC2)c1)NC1CCOc2ccccc21. The highest BCUT2D eigenvalue weighted by atomic mass is 127. The molecule has 1 unspecified atom stereocenters. The molecule has 0 bridgehead atoms. The molecule has 2 aromatic rings. The van der Waals surface area contributed by atoms with E-state index in [1.807, 2.05) is 42.5 Å². The van der Waals surface area contributed by atoms with Gasteiger partial charge in [0.05, 0.1) is 32.4 Å². The van der Waals surface area contributed by atoms with Gasteiger partial charge in [-0.15, -0.1) is 24.0 Å². The number of para-hydroxylation sites is 1. The summed E-state index contributed by atoms with van der Waals surface area (Å²) in [5, 5.41) is 3.33. The number of nitrogens with one attached hydrogen (secondary N) is 1. The van der Waals surface area contributed by atoms with Crippen LogP contribution in [0.2, 0.25) is 0 Å². The zero-order valence-corrected chi connectivity index (χ0v) is 20.0. The number of morpholine rings is 1. The Balaban J connectivity index is 0.00000272. The molecule has 31 heavy (non-hydrogen) atoms. The molecule has 1 atom stereocenters. The molecule has 2 aliphatic rings. The van der Waals surface area contributed by atoms with Crippen LogP contribution in [-0.4, -0.2) is 56.9 Å². The Bertz CT molecular complexity index is 858. The number of nitrogens with two attached hydrogens (primary N) is 1. The fraction of sp³-hybridized carbons (Fsp3) is 0.435. The van der Waals surface area contributed by atoms with Gasteiger partial charge < -0.3 is 25.3 Å². The van der Waals surface area contributed by atoms with Gasteiger partial charge in [-0.3, -0.25) is 4.90 Å². The number of ether oxygens (including phenoxy) is 3. The molecule has 2 heterocycles. The highest BCUT2D eigenvalue weighted by molar-refractivity contribution is 14.0. The Kier molecular flexibility index (Phi) is 9.23. The van der Waals surface area contributed by atoms with E-state index in [0.717, 1.165) is 61.9 Å². The van der Waals surface area contributed by atoms with Gasteiger partial charge in [-0.1, -0.05) is 30.3 Å². The summed E-state index contributed by atoms with van der Waals surface area (Å²) in [5.74, 6) is 2.21. The lowest BCUT2D eigenvalue weighted by atomic mass is 10.0. The minimum atomic E-state index is 0. The summed E-state index contributed by atoms with van der Waals surface area (Å²) in [7, 11) is 0. The normalized spacial score (nSPS) is 19.0. The van der Waals surface area contributed by atoms with Crippen molar-refractivity contribution >= 4 is 29.9 Å². The molecule has 1 saturated heterocycles. The smallest absolute Gasteiger partial charge is 0.189 e. The second-order valence-corrected chi connectivity index (χ2v) is 7.52. The maximum absolute atomic E-state index is 6.16. The number of hydrogen-bond donors (Lipinski definition) is 2. The number of benzene rings is 2. The summed E-state index contributed by atoms with van der Waals surface area (Å²) in [5.41, 5.74) is 8.35. The maximum Gasteiger partial charge on any atom is 0.189 e. The summed E-state index contributed by atoms with van der Waals surface area (Å²) in [6.07, 6.45) is 0.861. The average molecular weight is 538 g/mol. The minimum absolute atomic E-state index is 0. The summed E-state index contributed by atoms with van der Waals surface area (Å²) >= 11 is 0. The number of aliphatic imine (C=N–C) groups is 1. The van der Waals surface area contributed by atoms with Gasteiger partial charge in [0, 0.05) is 31.6 Å². The Morgan fingerprint density at radius 3 is 2.84 bits per heavy atom. The molecule has 168 valence electrons. The molecule has 8 heteroatoms. The molecule has 2 aliphatic heterocycles. The first-order chi connectivity index (χ1) is 14.8. The van der Waals surface area contributed by atoms with Gasteiger partial charge >= 0.3 is 0 Å². The average Bonchev–Trinajstić information content (AvgIpc) is 2.79. The standard InChI is InChI=1S/C23H30N4O3.HI/c24-23(26-21-8-12-30-22-7-2-1-6-20(21)22)25-17-18-4-3-5-19(16-18)29-15-11-27-9-13-28-14-10-27;/h1-7,16,21H,8-15,17H2,(H3,24,25,26);1H. The van der Waals surface area contributed by atoms with Gasteiger partial charge in [0.2, 0.25) is 0 Å². The Labute approximate surface area is 201 Å². The summed E-state index contributed by atoms with van der Waals surface area (Å²) in [6.45, 7) is 6.32. The molecule has 2 aromatic carbocycles.